The maximum Gasteiger partial charge on any atom is 0.494 e. The molecule has 2 saturated heterocycles. The van der Waals surface area contributed by atoms with Gasteiger partial charge in [0.2, 0.25) is 5.28 Å². The van der Waals surface area contributed by atoms with Crippen molar-refractivity contribution in [3.63, 3.8) is 0 Å². The quantitative estimate of drug-likeness (QED) is 0.0748. The third-order valence-electron chi connectivity index (χ3n) is 20.4. The first-order chi connectivity index (χ1) is 51.3. The summed E-state index contributed by atoms with van der Waals surface area (Å²) in [7, 11) is -0.833. The second-order valence-electron chi connectivity index (χ2n) is 28.7. The van der Waals surface area contributed by atoms with Crippen LogP contribution in [0, 0.1) is 0 Å². The summed E-state index contributed by atoms with van der Waals surface area (Å²) in [5, 5.41) is 0.514. The first kappa shape index (κ1) is 70.6. The summed E-state index contributed by atoms with van der Waals surface area (Å²) >= 11 is 11.5. The number of benzene rings is 12. The molecule has 17 rings (SSSR count). The molecule has 0 atom stereocenters. The lowest BCUT2D eigenvalue weighted by Crippen LogP contribution is -2.41. The predicted octanol–water partition coefficient (Wildman–Crippen LogP) is 23.4. The summed E-state index contributed by atoms with van der Waals surface area (Å²) < 4.78 is 25.5. The van der Waals surface area contributed by atoms with Gasteiger partial charge < -0.3 is 28.4 Å². The number of hydrogen-bond donors (Lipinski definition) is 0. The van der Waals surface area contributed by atoms with E-state index in [1.54, 1.807) is 6.07 Å². The normalized spacial score (nSPS) is 14.8. The van der Waals surface area contributed by atoms with Crippen LogP contribution in [0.5, 0.6) is 0 Å². The Morgan fingerprint density at radius 1 is 0.283 bits per heavy atom. The molecule has 2 aromatic heterocycles. The van der Waals surface area contributed by atoms with Crippen molar-refractivity contribution >= 4 is 82.5 Å². The Bertz CT molecular complexity index is 5200. The molecule has 106 heavy (non-hydrogen) atoms. The first-order valence-electron chi connectivity index (χ1n) is 35.7. The molecule has 0 spiro atoms. The standard InChI is InChI=1S/C42H45B2NO4.C40H27N3.C10H6Cl2N2.H2/c1-39(2)40(3,4)47-43(46-39)34-20-12-16-30(26-34)32-18-14-24-37(28-32)45(36-22-10-9-11-23-36)38-25-15-19-33(29-38)31-17-13-21-35(27-31)44-48-41(5,6)42(7,8)49-44;1-3-11-28(12-4-1)38-27-39-33-17-7-13-29(23-33)31-15-9-21-36(25-31)43(35-19-5-2-6-20-35)37-22-10-16-32(26-37)30-14-8-18-34(24-30)40(41-38)42-39;11-9-6-8(13-10(12)14-9)7-4-2-1-3-5-7;/h9-29H,1-8H3;1-27H;1-6H;1H/i;;;1+1. The van der Waals surface area contributed by atoms with Crippen LogP contribution in [-0.4, -0.2) is 56.6 Å². The van der Waals surface area contributed by atoms with E-state index in [2.05, 4.69) is 360 Å². The van der Waals surface area contributed by atoms with Gasteiger partial charge in [0.05, 0.1) is 39.5 Å². The number of nitrogens with zero attached hydrogens (tertiary/aromatic N) is 6. The zero-order chi connectivity index (χ0) is 73.2. The van der Waals surface area contributed by atoms with Gasteiger partial charge in [-0.25, -0.2) is 19.9 Å². The highest BCUT2D eigenvalue weighted by Crippen LogP contribution is 2.44. The Balaban J connectivity index is 0.000000151. The van der Waals surface area contributed by atoms with Gasteiger partial charge in [-0.05, 0) is 213 Å². The second kappa shape index (κ2) is 29.8. The molecule has 3 aliphatic rings. The van der Waals surface area contributed by atoms with Crippen LogP contribution in [0.3, 0.4) is 0 Å². The van der Waals surface area contributed by atoms with E-state index in [1.807, 2.05) is 36.4 Å². The Hall–Kier alpha value is -11.1. The average Bonchev–Trinajstić information content (AvgIpc) is 1.48. The summed E-state index contributed by atoms with van der Waals surface area (Å²) in [6.07, 6.45) is 0. The molecule has 14 heteroatoms. The van der Waals surface area contributed by atoms with Crippen molar-refractivity contribution in [2.45, 2.75) is 77.8 Å². The SMILES string of the molecule is CC1(C)OB(c2cccc(-c3cccc(N(c4ccccc4)c4cccc(-c5cccc(B6OC(C)(C)C(C)(C)O6)c5)c4)c3)c2)OC1(C)C.Clc1cc(-c2ccccc2)nc(Cl)n1.[2HH].c1ccc(-c2cc3nc(n2)-c2cccc(c2)-c2cccc(c2)N(c2ccccc2)c2cccc(c2)-c2cccc-3c2)cc1. The van der Waals surface area contributed by atoms with Crippen molar-refractivity contribution in [1.82, 2.24) is 19.9 Å². The van der Waals surface area contributed by atoms with Crippen LogP contribution in [0.25, 0.3) is 89.7 Å². The number of para-hydroxylation sites is 2. The summed E-state index contributed by atoms with van der Waals surface area (Å²) in [4.78, 5) is 22.7. The van der Waals surface area contributed by atoms with Gasteiger partial charge in [0, 0.05) is 63.9 Å². The van der Waals surface area contributed by atoms with E-state index in [0.717, 1.165) is 129 Å². The Morgan fingerprint density at radius 3 is 1.07 bits per heavy atom. The number of fused-ring (bicyclic) bond motifs is 14. The van der Waals surface area contributed by atoms with Gasteiger partial charge in [0.25, 0.3) is 0 Å². The molecule has 0 radical (unpaired) electrons. The largest absolute Gasteiger partial charge is 0.494 e. The molecular weight excluding hydrogens is 1350 g/mol. The number of halogens is 2. The molecule has 5 heterocycles. The number of rotatable bonds is 10. The number of aromatic nitrogens is 4. The summed E-state index contributed by atoms with van der Waals surface area (Å²) in [6, 6.07) is 114. The lowest BCUT2D eigenvalue weighted by atomic mass is 9.78. The summed E-state index contributed by atoms with van der Waals surface area (Å²) in [5.41, 5.74) is 22.5. The van der Waals surface area contributed by atoms with Crippen molar-refractivity contribution in [2.75, 3.05) is 9.80 Å². The topological polar surface area (TPSA) is 95.0 Å². The van der Waals surface area contributed by atoms with Crippen LogP contribution in [0.1, 0.15) is 56.8 Å². The third-order valence-corrected chi connectivity index (χ3v) is 20.8. The van der Waals surface area contributed by atoms with Gasteiger partial charge in [-0.1, -0.05) is 242 Å². The first-order valence-corrected chi connectivity index (χ1v) is 36.5. The molecule has 522 valence electrons. The van der Waals surface area contributed by atoms with Crippen LogP contribution in [-0.2, 0) is 18.6 Å². The van der Waals surface area contributed by atoms with Crippen LogP contribution in [0.15, 0.2) is 328 Å². The molecule has 2 fully saturated rings. The van der Waals surface area contributed by atoms with Crippen LogP contribution >= 0.6 is 23.2 Å². The van der Waals surface area contributed by atoms with Crippen molar-refractivity contribution < 1.29 is 20.0 Å². The maximum absolute atomic E-state index is 6.38. The average molecular weight is 1430 g/mol. The molecular formula is C92H80B2Cl2N6O4. The van der Waals surface area contributed by atoms with E-state index < -0.39 is 36.6 Å². The van der Waals surface area contributed by atoms with Crippen molar-refractivity contribution in [3.05, 3.63) is 338 Å². The highest BCUT2D eigenvalue weighted by molar-refractivity contribution is 6.62. The highest BCUT2D eigenvalue weighted by Gasteiger charge is 2.53. The van der Waals surface area contributed by atoms with Crippen molar-refractivity contribution in [2.24, 2.45) is 0 Å². The summed E-state index contributed by atoms with van der Waals surface area (Å²) in [5.74, 6) is 0.708. The molecule has 14 aromatic rings. The minimum atomic E-state index is -0.417. The second-order valence-corrected chi connectivity index (χ2v) is 29.4. The molecule has 0 saturated carbocycles. The fourth-order valence-corrected chi connectivity index (χ4v) is 13.8. The van der Waals surface area contributed by atoms with Gasteiger partial charge in [0.1, 0.15) is 5.15 Å². The summed E-state index contributed by atoms with van der Waals surface area (Å²) in [6.45, 7) is 16.7. The Kier molecular flexibility index (Phi) is 19.9. The zero-order valence-electron chi connectivity index (χ0n) is 60.4. The zero-order valence-corrected chi connectivity index (χ0v) is 61.9. The molecule has 0 amide bonds. The molecule has 10 nitrogen and oxygen atoms in total. The fourth-order valence-electron chi connectivity index (χ4n) is 13.4. The molecule has 10 bridgehead atoms. The van der Waals surface area contributed by atoms with E-state index >= 15 is 0 Å². The van der Waals surface area contributed by atoms with Gasteiger partial charge in [-0.3, -0.25) is 0 Å². The Labute approximate surface area is 633 Å². The molecule has 0 N–H and O–H groups in total. The van der Waals surface area contributed by atoms with Crippen molar-refractivity contribution in [1.29, 1.82) is 0 Å². The predicted molar refractivity (Wildman–Crippen MR) is 440 cm³/mol. The Morgan fingerprint density at radius 2 is 0.604 bits per heavy atom. The number of anilines is 6. The van der Waals surface area contributed by atoms with Crippen molar-refractivity contribution in [3.8, 4) is 89.7 Å². The van der Waals surface area contributed by atoms with Crippen LogP contribution < -0.4 is 20.7 Å². The number of hydrogen-bond acceptors (Lipinski definition) is 10. The maximum atomic E-state index is 6.38. The molecule has 0 aliphatic carbocycles. The monoisotopic (exact) mass is 1430 g/mol. The molecule has 3 aliphatic heterocycles. The smallest absolute Gasteiger partial charge is 0.399 e. The minimum Gasteiger partial charge on any atom is -0.399 e. The van der Waals surface area contributed by atoms with Gasteiger partial charge >= 0.3 is 14.2 Å². The van der Waals surface area contributed by atoms with E-state index in [9.17, 15) is 0 Å². The minimum absolute atomic E-state index is 0. The van der Waals surface area contributed by atoms with Gasteiger partial charge in [0.15, 0.2) is 5.82 Å². The van der Waals surface area contributed by atoms with Crippen LogP contribution in [0.4, 0.5) is 34.1 Å². The third kappa shape index (κ3) is 15.3. The van der Waals surface area contributed by atoms with E-state index in [-0.39, 0.29) is 6.71 Å². The lowest BCUT2D eigenvalue weighted by molar-refractivity contribution is 0.00578. The molecule has 0 unspecified atom stereocenters. The highest BCUT2D eigenvalue weighted by atomic mass is 35.5. The van der Waals surface area contributed by atoms with Gasteiger partial charge in [-0.2, -0.15) is 0 Å². The fraction of sp³-hybridized carbons (Fsp3) is 0.130. The van der Waals surface area contributed by atoms with Crippen LogP contribution in [0.2, 0.25) is 10.4 Å². The molecule has 12 aromatic carbocycles. The lowest BCUT2D eigenvalue weighted by Gasteiger charge is -2.32. The van der Waals surface area contributed by atoms with E-state index in [0.29, 0.717) is 11.0 Å². The van der Waals surface area contributed by atoms with E-state index in [4.69, 9.17) is 51.8 Å². The van der Waals surface area contributed by atoms with Gasteiger partial charge in [-0.15, -0.1) is 0 Å². The van der Waals surface area contributed by atoms with E-state index in [1.165, 1.54) is 0 Å².